The monoisotopic (exact) mass is 277 g/mol. The van der Waals surface area contributed by atoms with Gasteiger partial charge in [0.2, 0.25) is 0 Å². The Bertz CT molecular complexity index is 478. The lowest BCUT2D eigenvalue weighted by molar-refractivity contribution is 0.118. The zero-order valence-corrected chi connectivity index (χ0v) is 12.0. The summed E-state index contributed by atoms with van der Waals surface area (Å²) in [5.74, 6) is 0. The van der Waals surface area contributed by atoms with E-state index in [1.54, 1.807) is 0 Å². The minimum Gasteiger partial charge on any atom is -0.332 e. The van der Waals surface area contributed by atoms with Crippen molar-refractivity contribution in [3.8, 4) is 0 Å². The van der Waals surface area contributed by atoms with Crippen molar-refractivity contribution < 1.29 is 4.79 Å². The van der Waals surface area contributed by atoms with Gasteiger partial charge >= 0.3 is 6.03 Å². The van der Waals surface area contributed by atoms with Crippen molar-refractivity contribution >= 4 is 6.03 Å². The van der Waals surface area contributed by atoms with Gasteiger partial charge < -0.3 is 15.5 Å². The van der Waals surface area contributed by atoms with Crippen LogP contribution in [0.4, 0.5) is 4.79 Å². The van der Waals surface area contributed by atoms with E-state index >= 15 is 0 Å². The summed E-state index contributed by atoms with van der Waals surface area (Å²) in [5, 5.41) is 13.4. The summed E-state index contributed by atoms with van der Waals surface area (Å²) in [6.07, 6.45) is 3.54. The lowest BCUT2D eigenvalue weighted by Gasteiger charge is -2.39. The van der Waals surface area contributed by atoms with Gasteiger partial charge in [-0.2, -0.15) is 5.10 Å². The molecule has 0 aliphatic carbocycles. The molecule has 3 N–H and O–H groups in total. The number of piperidine rings is 1. The summed E-state index contributed by atoms with van der Waals surface area (Å²) < 4.78 is 0. The number of nitrogens with zero attached hydrogens (tertiary/aromatic N) is 2. The molecule has 2 aliphatic heterocycles. The zero-order chi connectivity index (χ0) is 14.0. The van der Waals surface area contributed by atoms with E-state index in [1.165, 1.54) is 12.8 Å². The molecule has 0 radical (unpaired) electrons. The first-order valence-electron chi connectivity index (χ1n) is 7.41. The Kier molecular flexibility index (Phi) is 3.65. The number of hydrogen-bond donors (Lipinski definition) is 3. The second kappa shape index (κ2) is 5.44. The van der Waals surface area contributed by atoms with E-state index in [2.05, 4.69) is 20.8 Å². The molecule has 3 rings (SSSR count). The van der Waals surface area contributed by atoms with E-state index in [0.29, 0.717) is 12.0 Å². The summed E-state index contributed by atoms with van der Waals surface area (Å²) in [5.41, 5.74) is 2.21. The number of carbonyl (C=O) groups is 1. The topological polar surface area (TPSA) is 73.1 Å². The van der Waals surface area contributed by atoms with Crippen molar-refractivity contribution in [1.29, 1.82) is 0 Å². The van der Waals surface area contributed by atoms with Gasteiger partial charge in [0.25, 0.3) is 0 Å². The zero-order valence-electron chi connectivity index (χ0n) is 12.0. The van der Waals surface area contributed by atoms with Gasteiger partial charge in [-0.1, -0.05) is 0 Å². The maximum Gasteiger partial charge on any atom is 0.317 e. The largest absolute Gasteiger partial charge is 0.332 e. The highest BCUT2D eigenvalue weighted by molar-refractivity contribution is 5.74. The van der Waals surface area contributed by atoms with Gasteiger partial charge in [0.05, 0.1) is 12.2 Å². The SMILES string of the molecule is Cc1cc(CNC(=O)N2CCC[C@@]3(CCNC3)C2)n[nH]1. The number of amides is 2. The third-order valence-electron chi connectivity index (χ3n) is 4.46. The van der Waals surface area contributed by atoms with Crippen LogP contribution in [0.5, 0.6) is 0 Å². The fraction of sp³-hybridized carbons (Fsp3) is 0.714. The van der Waals surface area contributed by atoms with E-state index in [1.807, 2.05) is 17.9 Å². The summed E-state index contributed by atoms with van der Waals surface area (Å²) in [6.45, 7) is 6.33. The molecule has 110 valence electrons. The van der Waals surface area contributed by atoms with Crippen LogP contribution < -0.4 is 10.6 Å². The standard InChI is InChI=1S/C14H23N5O/c1-11-7-12(18-17-11)8-16-13(20)19-6-2-3-14(10-19)4-5-15-9-14/h7,15H,2-6,8-10H2,1H3,(H,16,20)(H,17,18)/t14-/m0/s1. The van der Waals surface area contributed by atoms with Crippen LogP contribution in [0.15, 0.2) is 6.07 Å². The fourth-order valence-corrected chi connectivity index (χ4v) is 3.37. The van der Waals surface area contributed by atoms with Gasteiger partial charge in [-0.3, -0.25) is 5.10 Å². The molecule has 1 aromatic rings. The smallest absolute Gasteiger partial charge is 0.317 e. The second-order valence-electron chi connectivity index (χ2n) is 6.15. The summed E-state index contributed by atoms with van der Waals surface area (Å²) in [4.78, 5) is 14.2. The van der Waals surface area contributed by atoms with Crippen molar-refractivity contribution in [2.75, 3.05) is 26.2 Å². The number of aromatic amines is 1. The highest BCUT2D eigenvalue weighted by Gasteiger charge is 2.39. The molecule has 0 bridgehead atoms. The summed E-state index contributed by atoms with van der Waals surface area (Å²) in [6, 6.07) is 2.00. The Hall–Kier alpha value is -1.56. The molecule has 0 unspecified atom stereocenters. The average Bonchev–Trinajstić information content (AvgIpc) is 3.06. The number of aromatic nitrogens is 2. The van der Waals surface area contributed by atoms with Crippen molar-refractivity contribution in [2.24, 2.45) is 5.41 Å². The number of likely N-dealkylation sites (tertiary alicyclic amines) is 1. The molecule has 6 nitrogen and oxygen atoms in total. The molecule has 6 heteroatoms. The normalized spacial score (nSPS) is 26.1. The van der Waals surface area contributed by atoms with Crippen LogP contribution in [0.25, 0.3) is 0 Å². The van der Waals surface area contributed by atoms with Crippen LogP contribution in [-0.2, 0) is 6.54 Å². The van der Waals surface area contributed by atoms with Gasteiger partial charge in [0, 0.05) is 30.7 Å². The lowest BCUT2D eigenvalue weighted by Crippen LogP contribution is -2.50. The van der Waals surface area contributed by atoms with Crippen molar-refractivity contribution in [3.05, 3.63) is 17.5 Å². The Balaban J connectivity index is 1.54. The number of H-pyrrole nitrogens is 1. The molecule has 2 saturated heterocycles. The van der Waals surface area contributed by atoms with Gasteiger partial charge in [0.1, 0.15) is 0 Å². The third-order valence-corrected chi connectivity index (χ3v) is 4.46. The summed E-state index contributed by atoms with van der Waals surface area (Å²) in [7, 11) is 0. The number of nitrogens with one attached hydrogen (secondary N) is 3. The minimum absolute atomic E-state index is 0.0385. The van der Waals surface area contributed by atoms with Gasteiger partial charge in [-0.25, -0.2) is 4.79 Å². The van der Waals surface area contributed by atoms with Crippen LogP contribution in [-0.4, -0.2) is 47.3 Å². The van der Waals surface area contributed by atoms with Gasteiger partial charge in [0.15, 0.2) is 0 Å². The van der Waals surface area contributed by atoms with E-state index in [9.17, 15) is 4.79 Å². The molecule has 20 heavy (non-hydrogen) atoms. The van der Waals surface area contributed by atoms with E-state index in [-0.39, 0.29) is 6.03 Å². The first kappa shape index (κ1) is 13.4. The van der Waals surface area contributed by atoms with Crippen LogP contribution in [0.3, 0.4) is 0 Å². The Morgan fingerprint density at radius 2 is 2.45 bits per heavy atom. The van der Waals surface area contributed by atoms with Crippen LogP contribution in [0.2, 0.25) is 0 Å². The van der Waals surface area contributed by atoms with Crippen molar-refractivity contribution in [1.82, 2.24) is 25.7 Å². The molecule has 2 amide bonds. The number of carbonyl (C=O) groups excluding carboxylic acids is 1. The minimum atomic E-state index is 0.0385. The fourth-order valence-electron chi connectivity index (χ4n) is 3.37. The molecule has 1 spiro atoms. The Morgan fingerprint density at radius 3 is 3.15 bits per heavy atom. The quantitative estimate of drug-likeness (QED) is 0.755. The predicted octanol–water partition coefficient (Wildman–Crippen LogP) is 1.00. The number of aryl methyl sites for hydroxylation is 1. The summed E-state index contributed by atoms with van der Waals surface area (Å²) >= 11 is 0. The second-order valence-corrected chi connectivity index (χ2v) is 6.15. The molecular formula is C14H23N5O. The number of hydrogen-bond acceptors (Lipinski definition) is 3. The van der Waals surface area contributed by atoms with E-state index in [4.69, 9.17) is 0 Å². The van der Waals surface area contributed by atoms with E-state index in [0.717, 1.165) is 44.0 Å². The molecule has 1 atom stereocenters. The first-order valence-corrected chi connectivity index (χ1v) is 7.41. The lowest BCUT2D eigenvalue weighted by atomic mass is 9.79. The molecule has 0 aromatic carbocycles. The maximum absolute atomic E-state index is 12.3. The molecule has 0 saturated carbocycles. The highest BCUT2D eigenvalue weighted by atomic mass is 16.2. The van der Waals surface area contributed by atoms with Crippen LogP contribution in [0.1, 0.15) is 30.7 Å². The Morgan fingerprint density at radius 1 is 1.55 bits per heavy atom. The third kappa shape index (κ3) is 2.80. The Labute approximate surface area is 119 Å². The maximum atomic E-state index is 12.3. The van der Waals surface area contributed by atoms with Crippen molar-refractivity contribution in [2.45, 2.75) is 32.7 Å². The molecular weight excluding hydrogens is 254 g/mol. The number of urea groups is 1. The number of rotatable bonds is 2. The van der Waals surface area contributed by atoms with Gasteiger partial charge in [-0.15, -0.1) is 0 Å². The van der Waals surface area contributed by atoms with Crippen LogP contribution in [0, 0.1) is 12.3 Å². The molecule has 2 aliphatic rings. The molecule has 1 aromatic heterocycles. The van der Waals surface area contributed by atoms with Crippen molar-refractivity contribution in [3.63, 3.8) is 0 Å². The first-order chi connectivity index (χ1) is 9.67. The highest BCUT2D eigenvalue weighted by Crippen LogP contribution is 2.35. The average molecular weight is 277 g/mol. The van der Waals surface area contributed by atoms with Crippen LogP contribution >= 0.6 is 0 Å². The molecule has 2 fully saturated rings. The van der Waals surface area contributed by atoms with Gasteiger partial charge in [-0.05, 0) is 38.8 Å². The predicted molar refractivity (Wildman–Crippen MR) is 76.3 cm³/mol. The molecule has 3 heterocycles. The van der Waals surface area contributed by atoms with E-state index < -0.39 is 0 Å².